The number of likely N-dealkylation sites (N-methyl/N-ethyl adjacent to an activating group) is 1. The van der Waals surface area contributed by atoms with E-state index in [1.165, 1.54) is 5.39 Å². The Kier molecular flexibility index (Phi) is 5.16. The van der Waals surface area contributed by atoms with Crippen LogP contribution in [0.2, 0.25) is 0 Å². The summed E-state index contributed by atoms with van der Waals surface area (Å²) in [4.78, 5) is 4.75. The minimum Gasteiger partial charge on any atom is -0.497 e. The van der Waals surface area contributed by atoms with Gasteiger partial charge in [-0.05, 0) is 43.4 Å². The van der Waals surface area contributed by atoms with Gasteiger partial charge >= 0.3 is 0 Å². The van der Waals surface area contributed by atoms with Crippen LogP contribution in [0.3, 0.4) is 0 Å². The van der Waals surface area contributed by atoms with Gasteiger partial charge in [-0.2, -0.15) is 0 Å². The number of benzene rings is 2. The number of nitrogens with zero attached hydrogens (tertiary/aromatic N) is 4. The number of ether oxygens (including phenoxy) is 1. The topological polar surface area (TPSA) is 33.5 Å². The van der Waals surface area contributed by atoms with Gasteiger partial charge in [0.05, 0.1) is 18.3 Å². The first kappa shape index (κ1) is 17.6. The molecular formula is C19H23ClN4O. The van der Waals surface area contributed by atoms with Crippen molar-refractivity contribution >= 4 is 29.1 Å². The van der Waals surface area contributed by atoms with Crippen molar-refractivity contribution in [1.29, 1.82) is 0 Å². The molecule has 1 fully saturated rings. The van der Waals surface area contributed by atoms with Crippen molar-refractivity contribution in [1.82, 2.24) is 14.7 Å². The number of anilines is 1. The molecule has 1 saturated heterocycles. The quantitative estimate of drug-likeness (QED) is 0.720. The van der Waals surface area contributed by atoms with Crippen molar-refractivity contribution in [3.8, 4) is 11.4 Å². The van der Waals surface area contributed by atoms with Crippen LogP contribution in [0.15, 0.2) is 48.5 Å². The van der Waals surface area contributed by atoms with Gasteiger partial charge in [0.25, 0.3) is 0 Å². The van der Waals surface area contributed by atoms with E-state index in [0.717, 1.165) is 49.0 Å². The molecule has 3 aromatic rings. The Morgan fingerprint density at radius 1 is 0.920 bits per heavy atom. The maximum atomic E-state index is 5.26. The molecule has 2 aromatic carbocycles. The van der Waals surface area contributed by atoms with Gasteiger partial charge in [0.15, 0.2) is 5.82 Å². The molecule has 1 aliphatic rings. The van der Waals surface area contributed by atoms with Gasteiger partial charge in [-0.3, -0.25) is 0 Å². The largest absolute Gasteiger partial charge is 0.497 e. The van der Waals surface area contributed by atoms with E-state index in [1.54, 1.807) is 7.11 Å². The molecule has 2 heterocycles. The Morgan fingerprint density at radius 3 is 2.28 bits per heavy atom. The van der Waals surface area contributed by atoms with E-state index in [9.17, 15) is 0 Å². The number of fused-ring (bicyclic) bond motifs is 1. The van der Waals surface area contributed by atoms with Gasteiger partial charge in [0, 0.05) is 31.6 Å². The summed E-state index contributed by atoms with van der Waals surface area (Å²) in [7, 11) is 3.86. The van der Waals surface area contributed by atoms with Gasteiger partial charge in [-0.15, -0.1) is 17.5 Å². The number of piperazine rings is 1. The third-order valence-corrected chi connectivity index (χ3v) is 4.69. The van der Waals surface area contributed by atoms with E-state index in [2.05, 4.69) is 41.1 Å². The molecule has 132 valence electrons. The fraction of sp³-hybridized carbons (Fsp3) is 0.316. The van der Waals surface area contributed by atoms with E-state index in [4.69, 9.17) is 9.84 Å². The summed E-state index contributed by atoms with van der Waals surface area (Å²) in [6.07, 6.45) is 0. The van der Waals surface area contributed by atoms with E-state index in [0.29, 0.717) is 0 Å². The average Bonchev–Trinajstić information content (AvgIpc) is 3.02. The second-order valence-electron chi connectivity index (χ2n) is 6.24. The Balaban J connectivity index is 0.00000182. The smallest absolute Gasteiger partial charge is 0.159 e. The van der Waals surface area contributed by atoms with Crippen molar-refractivity contribution in [2.45, 2.75) is 0 Å². The van der Waals surface area contributed by atoms with Crippen LogP contribution in [0.4, 0.5) is 5.82 Å². The molecule has 0 amide bonds. The van der Waals surface area contributed by atoms with Gasteiger partial charge in [-0.25, -0.2) is 4.68 Å². The van der Waals surface area contributed by atoms with Crippen molar-refractivity contribution in [2.75, 3.05) is 45.2 Å². The van der Waals surface area contributed by atoms with Crippen LogP contribution in [-0.2, 0) is 0 Å². The molecule has 1 aromatic heterocycles. The number of rotatable bonds is 3. The highest BCUT2D eigenvalue weighted by Crippen LogP contribution is 2.29. The number of halogens is 1. The molecule has 0 N–H and O–H groups in total. The molecule has 0 spiro atoms. The monoisotopic (exact) mass is 358 g/mol. The summed E-state index contributed by atoms with van der Waals surface area (Å²) in [5, 5.41) is 6.15. The number of para-hydroxylation sites is 1. The third-order valence-electron chi connectivity index (χ3n) is 4.69. The lowest BCUT2D eigenvalue weighted by Crippen LogP contribution is -2.44. The van der Waals surface area contributed by atoms with Crippen molar-refractivity contribution in [3.63, 3.8) is 0 Å². The molecule has 0 aliphatic carbocycles. The summed E-state index contributed by atoms with van der Waals surface area (Å²) in [6, 6.07) is 16.5. The first-order chi connectivity index (χ1) is 11.8. The third kappa shape index (κ3) is 3.30. The Labute approximate surface area is 154 Å². The maximum absolute atomic E-state index is 5.26. The Hall–Kier alpha value is -2.24. The van der Waals surface area contributed by atoms with E-state index in [1.807, 2.05) is 28.9 Å². The second-order valence-corrected chi connectivity index (χ2v) is 6.24. The van der Waals surface area contributed by atoms with Gasteiger partial charge in [0.2, 0.25) is 0 Å². The van der Waals surface area contributed by atoms with Crippen molar-refractivity contribution in [3.05, 3.63) is 48.5 Å². The Morgan fingerprint density at radius 2 is 1.60 bits per heavy atom. The lowest BCUT2D eigenvalue weighted by atomic mass is 10.2. The normalized spacial score (nSPS) is 15.2. The number of methoxy groups -OCH3 is 1. The van der Waals surface area contributed by atoms with Gasteiger partial charge in [0.1, 0.15) is 5.75 Å². The molecule has 5 nitrogen and oxygen atoms in total. The van der Waals surface area contributed by atoms with Crippen LogP contribution in [-0.4, -0.2) is 55.0 Å². The summed E-state index contributed by atoms with van der Waals surface area (Å²) >= 11 is 0. The number of hydrogen-bond acceptors (Lipinski definition) is 4. The summed E-state index contributed by atoms with van der Waals surface area (Å²) in [5.74, 6) is 1.93. The molecule has 1 aliphatic heterocycles. The molecule has 0 atom stereocenters. The molecular weight excluding hydrogens is 336 g/mol. The lowest BCUT2D eigenvalue weighted by molar-refractivity contribution is 0.312. The van der Waals surface area contributed by atoms with Crippen LogP contribution in [0.5, 0.6) is 5.75 Å². The molecule has 4 rings (SSSR count). The zero-order valence-electron chi connectivity index (χ0n) is 14.6. The predicted octanol–water partition coefficient (Wildman–Crippen LogP) is 3.21. The molecule has 25 heavy (non-hydrogen) atoms. The molecule has 0 bridgehead atoms. The van der Waals surface area contributed by atoms with Crippen LogP contribution < -0.4 is 9.64 Å². The van der Waals surface area contributed by atoms with Gasteiger partial charge < -0.3 is 14.5 Å². The SMILES string of the molecule is COc1ccc(-n2nc(N3CCN(C)CC3)c3ccccc32)cc1.Cl. The summed E-state index contributed by atoms with van der Waals surface area (Å²) in [6.45, 7) is 4.17. The second kappa shape index (κ2) is 7.33. The van der Waals surface area contributed by atoms with E-state index >= 15 is 0 Å². The van der Waals surface area contributed by atoms with Crippen LogP contribution in [0, 0.1) is 0 Å². The number of aromatic nitrogens is 2. The Bertz CT molecular complexity index is 838. The molecule has 0 unspecified atom stereocenters. The highest BCUT2D eigenvalue weighted by atomic mass is 35.5. The molecule has 0 saturated carbocycles. The minimum absolute atomic E-state index is 0. The molecule has 0 radical (unpaired) electrons. The predicted molar refractivity (Wildman–Crippen MR) is 105 cm³/mol. The van der Waals surface area contributed by atoms with E-state index in [-0.39, 0.29) is 12.4 Å². The van der Waals surface area contributed by atoms with Crippen LogP contribution in [0.1, 0.15) is 0 Å². The zero-order chi connectivity index (χ0) is 16.5. The standard InChI is InChI=1S/C19H22N4O.ClH/c1-21-11-13-22(14-12-21)19-17-5-3-4-6-18(17)23(20-19)15-7-9-16(24-2)10-8-15;/h3-10H,11-14H2,1-2H3;1H. The highest BCUT2D eigenvalue weighted by Gasteiger charge is 2.20. The first-order valence-corrected chi connectivity index (χ1v) is 8.32. The average molecular weight is 359 g/mol. The summed E-state index contributed by atoms with van der Waals surface area (Å²) in [5.41, 5.74) is 2.18. The zero-order valence-corrected chi connectivity index (χ0v) is 15.4. The fourth-order valence-electron chi connectivity index (χ4n) is 3.22. The molecule has 6 heteroatoms. The van der Waals surface area contributed by atoms with Crippen molar-refractivity contribution < 1.29 is 4.74 Å². The lowest BCUT2D eigenvalue weighted by Gasteiger charge is -2.32. The van der Waals surface area contributed by atoms with Crippen molar-refractivity contribution in [2.24, 2.45) is 0 Å². The fourth-order valence-corrected chi connectivity index (χ4v) is 3.22. The highest BCUT2D eigenvalue weighted by molar-refractivity contribution is 5.91. The van der Waals surface area contributed by atoms with Gasteiger partial charge in [-0.1, -0.05) is 12.1 Å². The summed E-state index contributed by atoms with van der Waals surface area (Å²) < 4.78 is 7.29. The van der Waals surface area contributed by atoms with E-state index < -0.39 is 0 Å². The number of hydrogen-bond donors (Lipinski definition) is 0. The van der Waals surface area contributed by atoms with Crippen LogP contribution in [0.25, 0.3) is 16.6 Å². The first-order valence-electron chi connectivity index (χ1n) is 8.32. The minimum atomic E-state index is 0. The maximum Gasteiger partial charge on any atom is 0.159 e. The van der Waals surface area contributed by atoms with Crippen LogP contribution >= 0.6 is 12.4 Å².